The number of hydrogen-bond donors (Lipinski definition) is 0. The lowest BCUT2D eigenvalue weighted by atomic mass is 10.1. The molecule has 32 heavy (non-hydrogen) atoms. The predicted molar refractivity (Wildman–Crippen MR) is 125 cm³/mol. The first-order chi connectivity index (χ1) is 15.5. The maximum Gasteiger partial charge on any atom is 0.363 e. The van der Waals surface area contributed by atoms with Gasteiger partial charge in [-0.2, -0.15) is 0 Å². The number of nitrogens with zero attached hydrogens (tertiary/aromatic N) is 1. The summed E-state index contributed by atoms with van der Waals surface area (Å²) in [4.78, 5) is 16.7. The highest BCUT2D eigenvalue weighted by atomic mass is 35.5. The number of benzene rings is 3. The van der Waals surface area contributed by atoms with E-state index in [-0.39, 0.29) is 5.70 Å². The van der Waals surface area contributed by atoms with Crippen LogP contribution in [0.15, 0.2) is 77.4 Å². The number of ether oxygens (including phenoxy) is 3. The van der Waals surface area contributed by atoms with Crippen LogP contribution in [0.4, 0.5) is 0 Å². The minimum absolute atomic E-state index is 0.234. The van der Waals surface area contributed by atoms with Crippen LogP contribution >= 0.6 is 11.6 Å². The Morgan fingerprint density at radius 3 is 2.44 bits per heavy atom. The van der Waals surface area contributed by atoms with Crippen LogP contribution in [0.2, 0.25) is 5.02 Å². The zero-order valence-electron chi connectivity index (χ0n) is 17.8. The minimum Gasteiger partial charge on any atom is -0.490 e. The summed E-state index contributed by atoms with van der Waals surface area (Å²) in [5, 5.41) is 0.680. The van der Waals surface area contributed by atoms with Crippen molar-refractivity contribution in [2.45, 2.75) is 20.5 Å². The molecule has 1 aliphatic heterocycles. The van der Waals surface area contributed by atoms with E-state index in [1.807, 2.05) is 80.6 Å². The molecule has 0 saturated heterocycles. The van der Waals surface area contributed by atoms with Crippen molar-refractivity contribution in [1.82, 2.24) is 0 Å². The maximum absolute atomic E-state index is 12.3. The van der Waals surface area contributed by atoms with Gasteiger partial charge in [0.1, 0.15) is 6.61 Å². The Balaban J connectivity index is 1.54. The first-order valence-corrected chi connectivity index (χ1v) is 10.6. The van der Waals surface area contributed by atoms with Crippen LogP contribution in [0.5, 0.6) is 11.5 Å². The van der Waals surface area contributed by atoms with Crippen molar-refractivity contribution in [1.29, 1.82) is 0 Å². The average Bonchev–Trinajstić information content (AvgIpc) is 3.15. The summed E-state index contributed by atoms with van der Waals surface area (Å²) in [7, 11) is 0. The minimum atomic E-state index is -0.485. The van der Waals surface area contributed by atoms with Crippen LogP contribution in [0, 0.1) is 6.92 Å². The predicted octanol–water partition coefficient (Wildman–Crippen LogP) is 5.97. The van der Waals surface area contributed by atoms with Gasteiger partial charge in [0, 0.05) is 10.6 Å². The molecule has 0 N–H and O–H groups in total. The van der Waals surface area contributed by atoms with Crippen molar-refractivity contribution < 1.29 is 19.0 Å². The third-order valence-corrected chi connectivity index (χ3v) is 5.05. The van der Waals surface area contributed by atoms with Gasteiger partial charge in [-0.25, -0.2) is 9.79 Å². The second-order valence-electron chi connectivity index (χ2n) is 7.26. The Morgan fingerprint density at radius 1 is 0.969 bits per heavy atom. The molecule has 3 aromatic carbocycles. The molecule has 0 saturated carbocycles. The molecular formula is C26H22ClNO4. The zero-order valence-corrected chi connectivity index (χ0v) is 18.6. The summed E-state index contributed by atoms with van der Waals surface area (Å²) in [5.41, 5.74) is 3.87. The summed E-state index contributed by atoms with van der Waals surface area (Å²) >= 11 is 5.93. The van der Waals surface area contributed by atoms with Gasteiger partial charge in [0.05, 0.1) is 6.61 Å². The van der Waals surface area contributed by atoms with Crippen molar-refractivity contribution in [3.63, 3.8) is 0 Å². The van der Waals surface area contributed by atoms with E-state index < -0.39 is 5.97 Å². The highest BCUT2D eigenvalue weighted by molar-refractivity contribution is 6.30. The van der Waals surface area contributed by atoms with Gasteiger partial charge < -0.3 is 14.2 Å². The Hall–Kier alpha value is -3.57. The molecule has 0 amide bonds. The van der Waals surface area contributed by atoms with E-state index in [0.29, 0.717) is 35.6 Å². The molecule has 0 aliphatic carbocycles. The molecule has 3 aromatic rings. The van der Waals surface area contributed by atoms with Crippen LogP contribution < -0.4 is 9.47 Å². The smallest absolute Gasteiger partial charge is 0.363 e. The molecule has 162 valence electrons. The van der Waals surface area contributed by atoms with Gasteiger partial charge in [-0.3, -0.25) is 0 Å². The lowest BCUT2D eigenvalue weighted by molar-refractivity contribution is -0.129. The summed E-state index contributed by atoms with van der Waals surface area (Å²) in [5.74, 6) is 1.02. The zero-order chi connectivity index (χ0) is 22.5. The average molecular weight is 448 g/mol. The van der Waals surface area contributed by atoms with Gasteiger partial charge in [-0.15, -0.1) is 0 Å². The largest absolute Gasteiger partial charge is 0.490 e. The Labute approximate surface area is 191 Å². The van der Waals surface area contributed by atoms with Crippen LogP contribution in [-0.4, -0.2) is 18.5 Å². The molecule has 0 atom stereocenters. The van der Waals surface area contributed by atoms with Crippen molar-refractivity contribution in [3.05, 3.63) is 99.7 Å². The summed E-state index contributed by atoms with van der Waals surface area (Å²) < 4.78 is 17.0. The number of carbonyl (C=O) groups is 1. The highest BCUT2D eigenvalue weighted by Crippen LogP contribution is 2.31. The maximum atomic E-state index is 12.3. The number of rotatable bonds is 7. The molecule has 0 unspecified atom stereocenters. The lowest BCUT2D eigenvalue weighted by Gasteiger charge is -2.13. The van der Waals surface area contributed by atoms with Crippen molar-refractivity contribution in [2.75, 3.05) is 6.61 Å². The number of cyclic esters (lactones) is 1. The first kappa shape index (κ1) is 21.7. The van der Waals surface area contributed by atoms with Crippen molar-refractivity contribution >= 4 is 29.5 Å². The number of aryl methyl sites for hydroxylation is 1. The third kappa shape index (κ3) is 5.18. The van der Waals surface area contributed by atoms with Gasteiger partial charge in [0.2, 0.25) is 5.90 Å². The molecule has 0 radical (unpaired) electrons. The number of carbonyl (C=O) groups excluding carboxylic acids is 1. The standard InChI is InChI=1S/C26H22ClNO4/c1-3-30-24-15-19(8-13-23(24)31-16-18-6-11-21(27)12-7-18)14-22-26(29)32-25(28-22)20-9-4-17(2)5-10-20/h4-15H,3,16H2,1-2H3/b22-14+. The molecule has 0 spiro atoms. The molecule has 5 nitrogen and oxygen atoms in total. The van der Waals surface area contributed by atoms with Crippen LogP contribution in [0.3, 0.4) is 0 Å². The molecule has 0 aromatic heterocycles. The van der Waals surface area contributed by atoms with Gasteiger partial charge in [-0.05, 0) is 67.4 Å². The van der Waals surface area contributed by atoms with E-state index in [0.717, 1.165) is 22.3 Å². The molecule has 0 fully saturated rings. The molecule has 1 aliphatic rings. The van der Waals surface area contributed by atoms with E-state index in [1.54, 1.807) is 6.08 Å². The quantitative estimate of drug-likeness (QED) is 0.330. The lowest BCUT2D eigenvalue weighted by Crippen LogP contribution is -2.05. The molecular weight excluding hydrogens is 426 g/mol. The summed E-state index contributed by atoms with van der Waals surface area (Å²) in [6.45, 7) is 4.76. The monoisotopic (exact) mass is 447 g/mol. The first-order valence-electron chi connectivity index (χ1n) is 10.3. The van der Waals surface area contributed by atoms with Crippen molar-refractivity contribution in [3.8, 4) is 11.5 Å². The highest BCUT2D eigenvalue weighted by Gasteiger charge is 2.24. The van der Waals surface area contributed by atoms with Crippen LogP contribution in [0.1, 0.15) is 29.2 Å². The molecule has 6 heteroatoms. The van der Waals surface area contributed by atoms with E-state index in [9.17, 15) is 4.79 Å². The Morgan fingerprint density at radius 2 is 1.72 bits per heavy atom. The van der Waals surface area contributed by atoms with E-state index in [1.165, 1.54) is 0 Å². The Kier molecular flexibility index (Phi) is 6.57. The van der Waals surface area contributed by atoms with Gasteiger partial charge >= 0.3 is 5.97 Å². The van der Waals surface area contributed by atoms with Gasteiger partial charge in [0.25, 0.3) is 0 Å². The topological polar surface area (TPSA) is 57.1 Å². The van der Waals surface area contributed by atoms with Gasteiger partial charge in [-0.1, -0.05) is 47.5 Å². The van der Waals surface area contributed by atoms with E-state index in [2.05, 4.69) is 4.99 Å². The normalized spacial score (nSPS) is 14.3. The van der Waals surface area contributed by atoms with Gasteiger partial charge in [0.15, 0.2) is 17.2 Å². The second kappa shape index (κ2) is 9.71. The molecule has 1 heterocycles. The number of esters is 1. The molecule has 4 rings (SSSR count). The number of hydrogen-bond acceptors (Lipinski definition) is 5. The fourth-order valence-corrected chi connectivity index (χ4v) is 3.26. The molecule has 0 bridgehead atoms. The second-order valence-corrected chi connectivity index (χ2v) is 7.69. The summed E-state index contributed by atoms with van der Waals surface area (Å²) in [6.07, 6.45) is 1.68. The van der Waals surface area contributed by atoms with Crippen LogP contribution in [-0.2, 0) is 16.1 Å². The summed E-state index contributed by atoms with van der Waals surface area (Å²) in [6, 6.07) is 20.6. The fourth-order valence-electron chi connectivity index (χ4n) is 3.13. The van der Waals surface area contributed by atoms with E-state index >= 15 is 0 Å². The Bertz CT molecular complexity index is 1180. The third-order valence-electron chi connectivity index (χ3n) is 4.80. The number of aliphatic imine (C=N–C) groups is 1. The van der Waals surface area contributed by atoms with E-state index in [4.69, 9.17) is 25.8 Å². The SMILES string of the molecule is CCOc1cc(/C=C2/N=C(c3ccc(C)cc3)OC2=O)ccc1OCc1ccc(Cl)cc1. The fraction of sp³-hybridized carbons (Fsp3) is 0.154. The van der Waals surface area contributed by atoms with Crippen molar-refractivity contribution in [2.24, 2.45) is 4.99 Å². The van der Waals surface area contributed by atoms with Crippen LogP contribution in [0.25, 0.3) is 6.08 Å². The number of halogens is 1.